The minimum atomic E-state index is -0.285. The molecule has 0 amide bonds. The van der Waals surface area contributed by atoms with E-state index in [4.69, 9.17) is 11.5 Å². The van der Waals surface area contributed by atoms with E-state index in [0.29, 0.717) is 0 Å². The van der Waals surface area contributed by atoms with Crippen LogP contribution in [0.25, 0.3) is 0 Å². The van der Waals surface area contributed by atoms with Gasteiger partial charge in [-0.15, -0.1) is 0 Å². The first-order valence-corrected chi connectivity index (χ1v) is 2.83. The SMILES string of the molecule is CC(C)(N)C(C)(C)N.[Cu]. The van der Waals surface area contributed by atoms with Gasteiger partial charge in [-0.1, -0.05) is 0 Å². The molecule has 9 heavy (non-hydrogen) atoms. The zero-order valence-electron chi connectivity index (χ0n) is 6.46. The summed E-state index contributed by atoms with van der Waals surface area (Å²) < 4.78 is 0. The summed E-state index contributed by atoms with van der Waals surface area (Å²) in [5.41, 5.74) is 10.8. The molecule has 61 valence electrons. The van der Waals surface area contributed by atoms with Gasteiger partial charge in [0, 0.05) is 28.1 Å². The van der Waals surface area contributed by atoms with Gasteiger partial charge in [-0.05, 0) is 27.7 Å². The Kier molecular flexibility index (Phi) is 4.07. The second kappa shape index (κ2) is 3.02. The van der Waals surface area contributed by atoms with E-state index in [9.17, 15) is 0 Å². The number of hydrogen-bond acceptors (Lipinski definition) is 2. The molecule has 0 aliphatic carbocycles. The van der Waals surface area contributed by atoms with Crippen LogP contribution < -0.4 is 11.5 Å². The third kappa shape index (κ3) is 3.93. The molecule has 0 heterocycles. The average molecular weight is 180 g/mol. The molecule has 0 aromatic rings. The van der Waals surface area contributed by atoms with Crippen LogP contribution in [-0.2, 0) is 17.1 Å². The molecule has 0 aliphatic heterocycles. The number of rotatable bonds is 1. The molecule has 0 rings (SSSR count). The van der Waals surface area contributed by atoms with Crippen LogP contribution in [0.5, 0.6) is 0 Å². The summed E-state index contributed by atoms with van der Waals surface area (Å²) in [5, 5.41) is 0. The van der Waals surface area contributed by atoms with Crippen LogP contribution in [0.1, 0.15) is 27.7 Å². The fraction of sp³-hybridized carbons (Fsp3) is 1.00. The first-order valence-electron chi connectivity index (χ1n) is 2.83. The van der Waals surface area contributed by atoms with Crippen LogP contribution >= 0.6 is 0 Å². The molecule has 0 saturated heterocycles. The van der Waals surface area contributed by atoms with Gasteiger partial charge in [0.15, 0.2) is 0 Å². The summed E-state index contributed by atoms with van der Waals surface area (Å²) in [5.74, 6) is 0. The second-order valence-electron chi connectivity index (χ2n) is 3.44. The molecule has 0 saturated carbocycles. The third-order valence-electron chi connectivity index (χ3n) is 1.66. The van der Waals surface area contributed by atoms with Crippen LogP contribution in [0.3, 0.4) is 0 Å². The Hall–Kier alpha value is 0.439. The van der Waals surface area contributed by atoms with Crippen LogP contribution in [0, 0.1) is 0 Å². The standard InChI is InChI=1S/C6H16N2.Cu/c1-5(2,7)6(3,4)8;/h7-8H2,1-4H3;. The Morgan fingerprint density at radius 3 is 0.889 bits per heavy atom. The van der Waals surface area contributed by atoms with E-state index < -0.39 is 0 Å². The van der Waals surface area contributed by atoms with Crippen molar-refractivity contribution in [2.75, 3.05) is 0 Å². The van der Waals surface area contributed by atoms with Gasteiger partial charge < -0.3 is 11.5 Å². The maximum atomic E-state index is 5.69. The Morgan fingerprint density at radius 1 is 0.778 bits per heavy atom. The van der Waals surface area contributed by atoms with Gasteiger partial charge in [0.1, 0.15) is 0 Å². The molecule has 2 nitrogen and oxygen atoms in total. The molecule has 0 bridgehead atoms. The molecule has 0 aromatic heterocycles. The largest absolute Gasteiger partial charge is 0.324 e. The summed E-state index contributed by atoms with van der Waals surface area (Å²) in [7, 11) is 0. The fourth-order valence-electron chi connectivity index (χ4n) is 0. The summed E-state index contributed by atoms with van der Waals surface area (Å²) in [6.45, 7) is 7.69. The molecule has 0 fully saturated rings. The summed E-state index contributed by atoms with van der Waals surface area (Å²) >= 11 is 0. The van der Waals surface area contributed by atoms with Crippen molar-refractivity contribution in [2.45, 2.75) is 38.8 Å². The molecule has 0 aliphatic rings. The smallest absolute Gasteiger partial charge is 0.0274 e. The van der Waals surface area contributed by atoms with Crippen molar-refractivity contribution in [3.05, 3.63) is 0 Å². The van der Waals surface area contributed by atoms with E-state index >= 15 is 0 Å². The summed E-state index contributed by atoms with van der Waals surface area (Å²) in [6, 6.07) is 0. The Balaban J connectivity index is 0. The molecule has 0 aromatic carbocycles. The van der Waals surface area contributed by atoms with Crippen molar-refractivity contribution in [3.8, 4) is 0 Å². The van der Waals surface area contributed by atoms with Gasteiger partial charge in [-0.25, -0.2) is 0 Å². The van der Waals surface area contributed by atoms with Gasteiger partial charge in [-0.3, -0.25) is 0 Å². The maximum Gasteiger partial charge on any atom is 0.0274 e. The Bertz CT molecular complexity index is 66.0. The van der Waals surface area contributed by atoms with E-state index in [2.05, 4.69) is 0 Å². The van der Waals surface area contributed by atoms with E-state index in [1.807, 2.05) is 27.7 Å². The minimum absolute atomic E-state index is 0. The third-order valence-corrected chi connectivity index (χ3v) is 1.66. The summed E-state index contributed by atoms with van der Waals surface area (Å²) in [6.07, 6.45) is 0. The fourth-order valence-corrected chi connectivity index (χ4v) is 0. The Labute approximate surface area is 67.8 Å². The maximum absolute atomic E-state index is 5.69. The quantitative estimate of drug-likeness (QED) is 0.575. The monoisotopic (exact) mass is 179 g/mol. The van der Waals surface area contributed by atoms with E-state index in [1.54, 1.807) is 0 Å². The van der Waals surface area contributed by atoms with Crippen LogP contribution in [0.2, 0.25) is 0 Å². The first-order chi connectivity index (χ1) is 3.25. The molecular weight excluding hydrogens is 164 g/mol. The zero-order chi connectivity index (χ0) is 7.00. The molecular formula is C6H16CuN2. The predicted molar refractivity (Wildman–Crippen MR) is 36.5 cm³/mol. The van der Waals surface area contributed by atoms with Crippen LogP contribution in [0.15, 0.2) is 0 Å². The van der Waals surface area contributed by atoms with E-state index in [1.165, 1.54) is 0 Å². The number of nitrogens with two attached hydrogens (primary N) is 2. The van der Waals surface area contributed by atoms with Gasteiger partial charge in [0.05, 0.1) is 0 Å². The van der Waals surface area contributed by atoms with Crippen molar-refractivity contribution in [1.29, 1.82) is 0 Å². The normalized spacial score (nSPS) is 12.7. The van der Waals surface area contributed by atoms with E-state index in [-0.39, 0.29) is 28.1 Å². The van der Waals surface area contributed by atoms with Crippen LogP contribution in [0.4, 0.5) is 0 Å². The topological polar surface area (TPSA) is 52.0 Å². The van der Waals surface area contributed by atoms with Gasteiger partial charge in [-0.2, -0.15) is 0 Å². The van der Waals surface area contributed by atoms with Crippen molar-refractivity contribution in [3.63, 3.8) is 0 Å². The zero-order valence-corrected chi connectivity index (χ0v) is 7.40. The second-order valence-corrected chi connectivity index (χ2v) is 3.44. The van der Waals surface area contributed by atoms with Crippen molar-refractivity contribution in [2.24, 2.45) is 11.5 Å². The van der Waals surface area contributed by atoms with Crippen LogP contribution in [-0.4, -0.2) is 11.1 Å². The first kappa shape index (κ1) is 12.1. The molecule has 4 N–H and O–H groups in total. The molecule has 0 spiro atoms. The summed E-state index contributed by atoms with van der Waals surface area (Å²) in [4.78, 5) is 0. The minimum Gasteiger partial charge on any atom is -0.324 e. The molecule has 1 radical (unpaired) electrons. The predicted octanol–water partition coefficient (Wildman–Crippen LogP) is 0.459. The number of hydrogen-bond donors (Lipinski definition) is 2. The van der Waals surface area contributed by atoms with Gasteiger partial charge in [0.25, 0.3) is 0 Å². The molecule has 0 atom stereocenters. The van der Waals surface area contributed by atoms with Crippen molar-refractivity contribution < 1.29 is 17.1 Å². The molecule has 3 heteroatoms. The van der Waals surface area contributed by atoms with Gasteiger partial charge in [0.2, 0.25) is 0 Å². The Morgan fingerprint density at radius 2 is 0.889 bits per heavy atom. The van der Waals surface area contributed by atoms with Gasteiger partial charge >= 0.3 is 0 Å². The van der Waals surface area contributed by atoms with Crippen molar-refractivity contribution >= 4 is 0 Å². The molecule has 0 unspecified atom stereocenters. The average Bonchev–Trinajstić information content (AvgIpc) is 1.25. The van der Waals surface area contributed by atoms with E-state index in [0.717, 1.165) is 0 Å². The van der Waals surface area contributed by atoms with Crippen molar-refractivity contribution in [1.82, 2.24) is 0 Å².